The maximum atomic E-state index is 11.9. The van der Waals surface area contributed by atoms with Crippen molar-refractivity contribution in [3.63, 3.8) is 0 Å². The molecule has 2 N–H and O–H groups in total. The van der Waals surface area contributed by atoms with Crippen LogP contribution in [-0.2, 0) is 19.1 Å². The monoisotopic (exact) mass is 374 g/mol. The van der Waals surface area contributed by atoms with Crippen LogP contribution in [-0.4, -0.2) is 35.7 Å². The fourth-order valence-electron chi connectivity index (χ4n) is 5.01. The number of carbonyl (C=O) groups excluding carboxylic acids is 2. The van der Waals surface area contributed by atoms with Gasteiger partial charge < -0.3 is 20.1 Å². The lowest BCUT2D eigenvalue weighted by molar-refractivity contribution is -0.149. The first-order valence-corrected chi connectivity index (χ1v) is 10.4. The number of carbonyl (C=O) groups is 2. The average Bonchev–Trinajstić information content (AvgIpc) is 3.10. The van der Waals surface area contributed by atoms with E-state index in [4.69, 9.17) is 9.47 Å². The summed E-state index contributed by atoms with van der Waals surface area (Å²) >= 11 is 0. The van der Waals surface area contributed by atoms with E-state index in [1.807, 2.05) is 0 Å². The molecule has 0 aromatic rings. The molecular formula is C21H30N2O4. The Kier molecular flexibility index (Phi) is 4.91. The molecule has 4 rings (SSSR count). The number of hydrogen-bond acceptors (Lipinski definition) is 6. The third-order valence-electron chi connectivity index (χ3n) is 6.42. The zero-order valence-electron chi connectivity index (χ0n) is 16.1. The lowest BCUT2D eigenvalue weighted by Gasteiger charge is -2.37. The SMILES string of the molecule is C[C@@H](CNC1=CC(=O)OC12CCCCC2)NC1=CC(=O)OC12CCCCC2. The molecule has 2 heterocycles. The molecule has 27 heavy (non-hydrogen) atoms. The van der Waals surface area contributed by atoms with E-state index in [-0.39, 0.29) is 18.0 Å². The second-order valence-corrected chi connectivity index (χ2v) is 8.49. The van der Waals surface area contributed by atoms with Gasteiger partial charge in [0.15, 0.2) is 11.2 Å². The van der Waals surface area contributed by atoms with Crippen molar-refractivity contribution in [1.82, 2.24) is 10.6 Å². The minimum absolute atomic E-state index is 0.0989. The molecule has 6 heteroatoms. The Morgan fingerprint density at radius 3 is 1.89 bits per heavy atom. The lowest BCUT2D eigenvalue weighted by atomic mass is 9.82. The van der Waals surface area contributed by atoms with Crippen molar-refractivity contribution in [2.45, 2.75) is 88.4 Å². The molecule has 2 saturated carbocycles. The number of rotatable bonds is 5. The van der Waals surface area contributed by atoms with Crippen LogP contribution in [0.25, 0.3) is 0 Å². The summed E-state index contributed by atoms with van der Waals surface area (Å²) in [6.07, 6.45) is 13.6. The van der Waals surface area contributed by atoms with E-state index in [0.29, 0.717) is 6.54 Å². The van der Waals surface area contributed by atoms with Crippen LogP contribution < -0.4 is 10.6 Å². The van der Waals surface area contributed by atoms with Gasteiger partial charge >= 0.3 is 11.9 Å². The highest BCUT2D eigenvalue weighted by atomic mass is 16.6. The van der Waals surface area contributed by atoms with Gasteiger partial charge in [-0.15, -0.1) is 0 Å². The van der Waals surface area contributed by atoms with Crippen LogP contribution >= 0.6 is 0 Å². The average molecular weight is 374 g/mol. The van der Waals surface area contributed by atoms with Gasteiger partial charge in [-0.3, -0.25) is 0 Å². The molecule has 2 aliphatic carbocycles. The van der Waals surface area contributed by atoms with Crippen LogP contribution in [0.1, 0.15) is 71.1 Å². The highest BCUT2D eigenvalue weighted by Crippen LogP contribution is 2.41. The topological polar surface area (TPSA) is 76.7 Å². The van der Waals surface area contributed by atoms with Crippen LogP contribution in [0.4, 0.5) is 0 Å². The fraction of sp³-hybridized carbons (Fsp3) is 0.714. The quantitative estimate of drug-likeness (QED) is 0.721. The molecule has 0 aromatic heterocycles. The molecule has 6 nitrogen and oxygen atoms in total. The van der Waals surface area contributed by atoms with E-state index < -0.39 is 11.2 Å². The number of ether oxygens (including phenoxy) is 2. The first-order valence-electron chi connectivity index (χ1n) is 10.4. The van der Waals surface area contributed by atoms with Crippen molar-refractivity contribution >= 4 is 11.9 Å². The van der Waals surface area contributed by atoms with E-state index in [9.17, 15) is 9.59 Å². The molecule has 0 saturated heterocycles. The number of esters is 2. The normalized spacial score (nSPS) is 27.0. The summed E-state index contributed by atoms with van der Waals surface area (Å²) in [7, 11) is 0. The first-order chi connectivity index (χ1) is 13.0. The summed E-state index contributed by atoms with van der Waals surface area (Å²) in [5, 5.41) is 6.94. The maximum Gasteiger partial charge on any atom is 0.333 e. The van der Waals surface area contributed by atoms with Crippen LogP contribution in [0.2, 0.25) is 0 Å². The van der Waals surface area contributed by atoms with Gasteiger partial charge in [-0.05, 0) is 58.3 Å². The molecule has 2 fully saturated rings. The third-order valence-corrected chi connectivity index (χ3v) is 6.42. The van der Waals surface area contributed by atoms with Crippen LogP contribution in [0.5, 0.6) is 0 Å². The molecule has 0 unspecified atom stereocenters. The second-order valence-electron chi connectivity index (χ2n) is 8.49. The third kappa shape index (κ3) is 3.58. The van der Waals surface area contributed by atoms with Gasteiger partial charge in [0.05, 0.1) is 11.4 Å². The summed E-state index contributed by atoms with van der Waals surface area (Å²) < 4.78 is 11.4. The Labute approximate surface area is 160 Å². The standard InChI is InChI=1S/C21H30N2O4/c1-15(23-17-13-19(25)27-21(17)10-6-3-7-11-21)14-22-16-12-18(24)26-20(16)8-4-2-5-9-20/h12-13,15,22-23H,2-11,14H2,1H3/t15-/m0/s1. The highest BCUT2D eigenvalue weighted by molar-refractivity contribution is 5.87. The Bertz CT molecular complexity index is 670. The largest absolute Gasteiger partial charge is 0.449 e. The van der Waals surface area contributed by atoms with E-state index in [1.165, 1.54) is 12.8 Å². The summed E-state index contributed by atoms with van der Waals surface area (Å²) in [6, 6.07) is 0.0989. The van der Waals surface area contributed by atoms with Gasteiger partial charge in [0.2, 0.25) is 0 Å². The molecular weight excluding hydrogens is 344 g/mol. The zero-order chi connectivity index (χ0) is 18.9. The summed E-state index contributed by atoms with van der Waals surface area (Å²) in [6.45, 7) is 2.74. The van der Waals surface area contributed by atoms with Gasteiger partial charge in [-0.25, -0.2) is 9.59 Å². The van der Waals surface area contributed by atoms with Gasteiger partial charge in [0, 0.05) is 24.7 Å². The van der Waals surface area contributed by atoms with Crippen molar-refractivity contribution in [2.75, 3.05) is 6.54 Å². The van der Waals surface area contributed by atoms with Crippen LogP contribution in [0, 0.1) is 0 Å². The van der Waals surface area contributed by atoms with Crippen LogP contribution in [0.15, 0.2) is 23.5 Å². The van der Waals surface area contributed by atoms with Gasteiger partial charge in [0.1, 0.15) is 0 Å². The molecule has 1 atom stereocenters. The Hall–Kier alpha value is -1.98. The molecule has 4 aliphatic rings. The maximum absolute atomic E-state index is 11.9. The first kappa shape index (κ1) is 18.4. The molecule has 148 valence electrons. The van der Waals surface area contributed by atoms with Gasteiger partial charge in [0.25, 0.3) is 0 Å². The molecule has 2 aliphatic heterocycles. The van der Waals surface area contributed by atoms with Crippen molar-refractivity contribution in [3.8, 4) is 0 Å². The minimum Gasteiger partial charge on any atom is -0.449 e. The van der Waals surface area contributed by atoms with Gasteiger partial charge in [-0.1, -0.05) is 12.8 Å². The van der Waals surface area contributed by atoms with E-state index in [1.54, 1.807) is 12.2 Å². The molecule has 0 radical (unpaired) electrons. The smallest absolute Gasteiger partial charge is 0.333 e. The van der Waals surface area contributed by atoms with E-state index >= 15 is 0 Å². The number of hydrogen-bond donors (Lipinski definition) is 2. The van der Waals surface area contributed by atoms with E-state index in [2.05, 4.69) is 17.6 Å². The Morgan fingerprint density at radius 2 is 1.33 bits per heavy atom. The second kappa shape index (κ2) is 7.21. The van der Waals surface area contributed by atoms with Crippen LogP contribution in [0.3, 0.4) is 0 Å². The Balaban J connectivity index is 1.37. The van der Waals surface area contributed by atoms with Crippen molar-refractivity contribution in [3.05, 3.63) is 23.5 Å². The molecule has 0 amide bonds. The summed E-state index contributed by atoms with van der Waals surface area (Å²) in [5.74, 6) is -0.475. The predicted molar refractivity (Wildman–Crippen MR) is 101 cm³/mol. The summed E-state index contributed by atoms with van der Waals surface area (Å²) in [5.41, 5.74) is 0.952. The zero-order valence-corrected chi connectivity index (χ0v) is 16.1. The summed E-state index contributed by atoms with van der Waals surface area (Å²) in [4.78, 5) is 23.8. The Morgan fingerprint density at radius 1 is 0.852 bits per heavy atom. The minimum atomic E-state index is -0.445. The lowest BCUT2D eigenvalue weighted by Crippen LogP contribution is -2.46. The highest BCUT2D eigenvalue weighted by Gasteiger charge is 2.45. The van der Waals surface area contributed by atoms with Gasteiger partial charge in [-0.2, -0.15) is 0 Å². The molecule has 2 spiro atoms. The van der Waals surface area contributed by atoms with E-state index in [0.717, 1.165) is 62.8 Å². The van der Waals surface area contributed by atoms with Crippen molar-refractivity contribution in [2.24, 2.45) is 0 Å². The predicted octanol–water partition coefficient (Wildman–Crippen LogP) is 2.84. The fourth-order valence-corrected chi connectivity index (χ4v) is 5.01. The molecule has 0 aromatic carbocycles. The van der Waals surface area contributed by atoms with Crippen molar-refractivity contribution in [1.29, 1.82) is 0 Å². The molecule has 0 bridgehead atoms. The number of nitrogens with one attached hydrogen (secondary N) is 2. The van der Waals surface area contributed by atoms with Crippen molar-refractivity contribution < 1.29 is 19.1 Å².